The van der Waals surface area contributed by atoms with E-state index in [-0.39, 0.29) is 11.5 Å². The van der Waals surface area contributed by atoms with Gasteiger partial charge in [0.15, 0.2) is 0 Å². The van der Waals surface area contributed by atoms with Crippen LogP contribution in [0.5, 0.6) is 5.75 Å². The number of halogens is 1. The van der Waals surface area contributed by atoms with Crippen LogP contribution in [0.2, 0.25) is 5.02 Å². The van der Waals surface area contributed by atoms with Crippen LogP contribution in [0.25, 0.3) is 0 Å². The predicted octanol–water partition coefficient (Wildman–Crippen LogP) is 4.43. The van der Waals surface area contributed by atoms with E-state index in [2.05, 4.69) is 24.9 Å². The number of fused-ring (bicyclic) bond motifs is 1. The van der Waals surface area contributed by atoms with Gasteiger partial charge in [0.2, 0.25) is 0 Å². The number of aromatic nitrogens is 1. The number of benzene rings is 1. The van der Waals surface area contributed by atoms with Crippen LogP contribution in [0.15, 0.2) is 42.6 Å². The van der Waals surface area contributed by atoms with Crippen molar-refractivity contribution in [2.24, 2.45) is 0 Å². The highest BCUT2D eigenvalue weighted by Gasteiger charge is 2.35. The van der Waals surface area contributed by atoms with Crippen molar-refractivity contribution in [3.05, 3.63) is 58.9 Å². The van der Waals surface area contributed by atoms with Crippen molar-refractivity contribution in [3.8, 4) is 5.75 Å². The summed E-state index contributed by atoms with van der Waals surface area (Å²) in [6, 6.07) is 11.8. The Morgan fingerprint density at radius 1 is 1.26 bits per heavy atom. The highest BCUT2D eigenvalue weighted by molar-refractivity contribution is 6.30. The summed E-state index contributed by atoms with van der Waals surface area (Å²) < 4.78 is 6.04. The molecule has 0 radical (unpaired) electrons. The molecule has 0 spiro atoms. The molecule has 2 aromatic rings. The van der Waals surface area contributed by atoms with E-state index >= 15 is 0 Å². The fourth-order valence-electron chi connectivity index (χ4n) is 2.67. The summed E-state index contributed by atoms with van der Waals surface area (Å²) in [5, 5.41) is 0.739. The summed E-state index contributed by atoms with van der Waals surface area (Å²) in [6.07, 6.45) is 2.74. The first kappa shape index (κ1) is 12.5. The molecular weight excluding hydrogens is 258 g/mol. The van der Waals surface area contributed by atoms with Crippen LogP contribution in [0.1, 0.15) is 37.4 Å². The molecule has 0 amide bonds. The molecule has 2 nitrogen and oxygen atoms in total. The van der Waals surface area contributed by atoms with Crippen molar-refractivity contribution in [2.75, 3.05) is 0 Å². The van der Waals surface area contributed by atoms with Crippen molar-refractivity contribution in [2.45, 2.75) is 31.8 Å². The molecule has 1 aliphatic heterocycles. The fraction of sp³-hybridized carbons (Fsp3) is 0.312. The normalized spacial score (nSPS) is 20.5. The Morgan fingerprint density at radius 3 is 2.84 bits per heavy atom. The molecule has 0 N–H and O–H groups in total. The van der Waals surface area contributed by atoms with Crippen molar-refractivity contribution in [1.29, 1.82) is 0 Å². The molecule has 19 heavy (non-hydrogen) atoms. The van der Waals surface area contributed by atoms with Crippen LogP contribution in [0, 0.1) is 0 Å². The Balaban J connectivity index is 2.12. The van der Waals surface area contributed by atoms with E-state index in [1.165, 1.54) is 0 Å². The van der Waals surface area contributed by atoms with Gasteiger partial charge in [0.1, 0.15) is 11.4 Å². The van der Waals surface area contributed by atoms with Crippen LogP contribution < -0.4 is 4.74 Å². The van der Waals surface area contributed by atoms with Crippen LogP contribution in [0.4, 0.5) is 0 Å². The summed E-state index contributed by atoms with van der Waals surface area (Å²) in [5.74, 6) is 1.15. The lowest BCUT2D eigenvalue weighted by molar-refractivity contribution is 0.0769. The van der Waals surface area contributed by atoms with Crippen LogP contribution in [-0.2, 0) is 0 Å². The molecular formula is C16H16ClNO. The second-order valence-electron chi connectivity index (χ2n) is 5.56. The van der Waals surface area contributed by atoms with Gasteiger partial charge in [0.05, 0.1) is 0 Å². The second-order valence-corrected chi connectivity index (χ2v) is 5.99. The molecule has 1 aromatic carbocycles. The molecule has 0 aliphatic carbocycles. The molecule has 0 saturated heterocycles. The van der Waals surface area contributed by atoms with Gasteiger partial charge in [-0.05, 0) is 50.6 Å². The number of rotatable bonds is 1. The van der Waals surface area contributed by atoms with E-state index in [9.17, 15) is 0 Å². The molecule has 98 valence electrons. The zero-order valence-corrected chi connectivity index (χ0v) is 11.8. The average Bonchev–Trinajstić information content (AvgIpc) is 2.39. The minimum Gasteiger partial charge on any atom is -0.488 e. The van der Waals surface area contributed by atoms with Gasteiger partial charge in [-0.1, -0.05) is 17.7 Å². The summed E-state index contributed by atoms with van der Waals surface area (Å²) in [7, 11) is 0. The molecule has 0 fully saturated rings. The maximum absolute atomic E-state index is 6.12. The highest BCUT2D eigenvalue weighted by atomic mass is 35.5. The largest absolute Gasteiger partial charge is 0.488 e. The summed E-state index contributed by atoms with van der Waals surface area (Å²) in [4.78, 5) is 4.50. The first-order valence-electron chi connectivity index (χ1n) is 6.44. The maximum Gasteiger partial charge on any atom is 0.124 e. The summed E-state index contributed by atoms with van der Waals surface area (Å²) in [6.45, 7) is 4.22. The molecule has 3 heteroatoms. The monoisotopic (exact) mass is 273 g/mol. The number of ether oxygens (including phenoxy) is 1. The Bertz CT molecular complexity index is 595. The van der Waals surface area contributed by atoms with E-state index < -0.39 is 0 Å². The van der Waals surface area contributed by atoms with Gasteiger partial charge >= 0.3 is 0 Å². The Hall–Kier alpha value is -1.54. The van der Waals surface area contributed by atoms with Crippen molar-refractivity contribution >= 4 is 11.6 Å². The van der Waals surface area contributed by atoms with Crippen molar-refractivity contribution < 1.29 is 4.74 Å². The molecule has 1 aromatic heterocycles. The average molecular weight is 274 g/mol. The lowest BCUT2D eigenvalue weighted by Gasteiger charge is -2.37. The summed E-state index contributed by atoms with van der Waals surface area (Å²) in [5.41, 5.74) is 2.01. The molecule has 0 saturated carbocycles. The molecule has 0 bridgehead atoms. The Kier molecular flexibility index (Phi) is 2.98. The van der Waals surface area contributed by atoms with Gasteiger partial charge in [-0.15, -0.1) is 0 Å². The first-order chi connectivity index (χ1) is 9.05. The summed E-state index contributed by atoms with van der Waals surface area (Å²) >= 11 is 6.12. The van der Waals surface area contributed by atoms with E-state index in [4.69, 9.17) is 16.3 Å². The Morgan fingerprint density at radius 2 is 2.11 bits per heavy atom. The number of nitrogens with zero attached hydrogens (tertiary/aromatic N) is 1. The third-order valence-electron chi connectivity index (χ3n) is 3.47. The van der Waals surface area contributed by atoms with E-state index in [0.29, 0.717) is 0 Å². The lowest BCUT2D eigenvalue weighted by Crippen LogP contribution is -2.35. The van der Waals surface area contributed by atoms with Crippen LogP contribution >= 0.6 is 11.6 Å². The van der Waals surface area contributed by atoms with Gasteiger partial charge < -0.3 is 4.74 Å². The smallest absolute Gasteiger partial charge is 0.124 e. The quantitative estimate of drug-likeness (QED) is 0.767. The third-order valence-corrected chi connectivity index (χ3v) is 3.71. The zero-order chi connectivity index (χ0) is 13.5. The molecule has 2 heterocycles. The van der Waals surface area contributed by atoms with Gasteiger partial charge in [-0.3, -0.25) is 4.98 Å². The van der Waals surface area contributed by atoms with E-state index in [1.807, 2.05) is 36.5 Å². The molecule has 1 atom stereocenters. The fourth-order valence-corrected chi connectivity index (χ4v) is 2.85. The van der Waals surface area contributed by atoms with Crippen LogP contribution in [-0.4, -0.2) is 10.6 Å². The number of hydrogen-bond donors (Lipinski definition) is 0. The first-order valence-corrected chi connectivity index (χ1v) is 6.82. The van der Waals surface area contributed by atoms with Gasteiger partial charge in [0, 0.05) is 28.4 Å². The number of pyridine rings is 1. The van der Waals surface area contributed by atoms with Crippen molar-refractivity contribution in [1.82, 2.24) is 4.98 Å². The zero-order valence-electron chi connectivity index (χ0n) is 11.1. The topological polar surface area (TPSA) is 22.1 Å². The molecule has 3 rings (SSSR count). The van der Waals surface area contributed by atoms with Gasteiger partial charge in [-0.25, -0.2) is 0 Å². The SMILES string of the molecule is CC1(C)CC(c2ccccn2)c2cc(Cl)ccc2O1. The molecule has 1 unspecified atom stereocenters. The van der Waals surface area contributed by atoms with Crippen molar-refractivity contribution in [3.63, 3.8) is 0 Å². The van der Waals surface area contributed by atoms with Gasteiger partial charge in [0.25, 0.3) is 0 Å². The minimum atomic E-state index is -0.191. The Labute approximate surface area is 118 Å². The third kappa shape index (κ3) is 2.45. The minimum absolute atomic E-state index is 0.191. The molecule has 1 aliphatic rings. The van der Waals surface area contributed by atoms with E-state index in [0.717, 1.165) is 28.5 Å². The second kappa shape index (κ2) is 4.53. The maximum atomic E-state index is 6.12. The predicted molar refractivity (Wildman–Crippen MR) is 76.9 cm³/mol. The van der Waals surface area contributed by atoms with Gasteiger partial charge in [-0.2, -0.15) is 0 Å². The van der Waals surface area contributed by atoms with Crippen LogP contribution in [0.3, 0.4) is 0 Å². The number of hydrogen-bond acceptors (Lipinski definition) is 2. The highest BCUT2D eigenvalue weighted by Crippen LogP contribution is 2.44. The standard InChI is InChI=1S/C16H16ClNO/c1-16(2)10-13(14-5-3-4-8-18-14)12-9-11(17)6-7-15(12)19-16/h3-9,13H,10H2,1-2H3. The lowest BCUT2D eigenvalue weighted by atomic mass is 9.82. The van der Waals surface area contributed by atoms with E-state index in [1.54, 1.807) is 0 Å².